The third-order valence-electron chi connectivity index (χ3n) is 4.81. The van der Waals surface area contributed by atoms with Crippen LogP contribution in [0, 0.1) is 5.92 Å². The van der Waals surface area contributed by atoms with Crippen LogP contribution in [0.5, 0.6) is 5.88 Å². The van der Waals surface area contributed by atoms with Gasteiger partial charge in [-0.2, -0.15) is 0 Å². The molecule has 2 amide bonds. The van der Waals surface area contributed by atoms with Crippen molar-refractivity contribution in [1.82, 2.24) is 15.6 Å². The quantitative estimate of drug-likeness (QED) is 0.619. The first-order chi connectivity index (χ1) is 13.7. The van der Waals surface area contributed by atoms with Crippen LogP contribution < -0.4 is 20.7 Å². The summed E-state index contributed by atoms with van der Waals surface area (Å²) < 4.78 is 5.47. The number of anilines is 1. The Morgan fingerprint density at radius 2 is 1.89 bits per heavy atom. The van der Waals surface area contributed by atoms with Crippen LogP contribution in [0.3, 0.4) is 0 Å². The van der Waals surface area contributed by atoms with Crippen molar-refractivity contribution in [3.63, 3.8) is 0 Å². The topological polar surface area (TPSA) is 92.3 Å². The highest BCUT2D eigenvalue weighted by atomic mass is 16.5. The lowest BCUT2D eigenvalue weighted by Crippen LogP contribution is -2.33. The minimum absolute atomic E-state index is 0.165. The summed E-state index contributed by atoms with van der Waals surface area (Å²) in [6.45, 7) is 0.933. The van der Waals surface area contributed by atoms with E-state index in [4.69, 9.17) is 4.74 Å². The van der Waals surface area contributed by atoms with E-state index in [0.29, 0.717) is 24.7 Å². The number of pyridine rings is 1. The Balaban J connectivity index is 1.52. The van der Waals surface area contributed by atoms with Crippen molar-refractivity contribution in [3.8, 4) is 5.88 Å². The second-order valence-corrected chi connectivity index (χ2v) is 6.85. The highest BCUT2D eigenvalue weighted by Gasteiger charge is 2.20. The fourth-order valence-electron chi connectivity index (χ4n) is 2.90. The molecule has 1 aromatic heterocycles. The molecule has 1 fully saturated rings. The van der Waals surface area contributed by atoms with Crippen LogP contribution in [-0.2, 0) is 11.3 Å². The van der Waals surface area contributed by atoms with Gasteiger partial charge in [0.2, 0.25) is 5.88 Å². The molecule has 1 aliphatic carbocycles. The van der Waals surface area contributed by atoms with Crippen molar-refractivity contribution < 1.29 is 14.3 Å². The maximum atomic E-state index is 12.5. The van der Waals surface area contributed by atoms with Crippen molar-refractivity contribution >= 4 is 17.5 Å². The molecule has 2 aromatic rings. The molecule has 0 radical (unpaired) electrons. The third-order valence-corrected chi connectivity index (χ3v) is 4.81. The SMILES string of the molecule is CNc1ccc(OCC(=O)NCc2ccccc2)nc1C(=O)NCC1CCC1. The van der Waals surface area contributed by atoms with E-state index in [2.05, 4.69) is 20.9 Å². The van der Waals surface area contributed by atoms with Gasteiger partial charge in [0, 0.05) is 26.2 Å². The maximum Gasteiger partial charge on any atom is 0.272 e. The number of rotatable bonds is 9. The van der Waals surface area contributed by atoms with Gasteiger partial charge in [0.15, 0.2) is 12.3 Å². The van der Waals surface area contributed by atoms with Crippen LogP contribution in [-0.4, -0.2) is 37.0 Å². The Labute approximate surface area is 164 Å². The molecule has 0 saturated heterocycles. The fourth-order valence-corrected chi connectivity index (χ4v) is 2.90. The first kappa shape index (κ1) is 19.7. The van der Waals surface area contributed by atoms with E-state index in [9.17, 15) is 9.59 Å². The molecule has 148 valence electrons. The van der Waals surface area contributed by atoms with Crippen LogP contribution in [0.1, 0.15) is 35.3 Å². The molecule has 0 aliphatic heterocycles. The van der Waals surface area contributed by atoms with Gasteiger partial charge in [0.05, 0.1) is 5.69 Å². The van der Waals surface area contributed by atoms with Gasteiger partial charge < -0.3 is 20.7 Å². The molecule has 1 aromatic carbocycles. The normalized spacial score (nSPS) is 13.3. The highest BCUT2D eigenvalue weighted by Crippen LogP contribution is 2.25. The Bertz CT molecular complexity index is 807. The molecule has 0 atom stereocenters. The van der Waals surface area contributed by atoms with E-state index >= 15 is 0 Å². The summed E-state index contributed by atoms with van der Waals surface area (Å²) in [5.41, 5.74) is 1.90. The van der Waals surface area contributed by atoms with Crippen molar-refractivity contribution in [1.29, 1.82) is 0 Å². The zero-order valence-corrected chi connectivity index (χ0v) is 16.0. The summed E-state index contributed by atoms with van der Waals surface area (Å²) in [6, 6.07) is 13.0. The fraction of sp³-hybridized carbons (Fsp3) is 0.381. The molecule has 7 nitrogen and oxygen atoms in total. The molecule has 7 heteroatoms. The summed E-state index contributed by atoms with van der Waals surface area (Å²) in [7, 11) is 1.73. The maximum absolute atomic E-state index is 12.5. The van der Waals surface area contributed by atoms with E-state index < -0.39 is 0 Å². The van der Waals surface area contributed by atoms with E-state index in [1.165, 1.54) is 6.42 Å². The third kappa shape index (κ3) is 5.45. The molecule has 3 rings (SSSR count). The van der Waals surface area contributed by atoms with Gasteiger partial charge in [0.1, 0.15) is 0 Å². The number of nitrogens with zero attached hydrogens (tertiary/aromatic N) is 1. The van der Waals surface area contributed by atoms with Gasteiger partial charge in [-0.15, -0.1) is 0 Å². The van der Waals surface area contributed by atoms with E-state index in [0.717, 1.165) is 18.4 Å². The number of carbonyl (C=O) groups excluding carboxylic acids is 2. The average Bonchev–Trinajstić information content (AvgIpc) is 2.70. The van der Waals surface area contributed by atoms with Gasteiger partial charge in [-0.3, -0.25) is 9.59 Å². The monoisotopic (exact) mass is 382 g/mol. The Kier molecular flexibility index (Phi) is 6.84. The number of benzene rings is 1. The molecule has 1 aliphatic rings. The van der Waals surface area contributed by atoms with Gasteiger partial charge in [-0.05, 0) is 30.4 Å². The van der Waals surface area contributed by atoms with Crippen molar-refractivity contribution in [3.05, 3.63) is 53.7 Å². The Morgan fingerprint density at radius 3 is 2.57 bits per heavy atom. The minimum Gasteiger partial charge on any atom is -0.468 e. The lowest BCUT2D eigenvalue weighted by atomic mass is 9.85. The van der Waals surface area contributed by atoms with E-state index in [1.54, 1.807) is 19.2 Å². The average molecular weight is 382 g/mol. The van der Waals surface area contributed by atoms with Gasteiger partial charge in [-0.25, -0.2) is 4.98 Å². The first-order valence-electron chi connectivity index (χ1n) is 9.56. The zero-order chi connectivity index (χ0) is 19.8. The number of amides is 2. The van der Waals surface area contributed by atoms with Crippen LogP contribution in [0.15, 0.2) is 42.5 Å². The summed E-state index contributed by atoms with van der Waals surface area (Å²) in [6.07, 6.45) is 3.55. The summed E-state index contributed by atoms with van der Waals surface area (Å²) in [4.78, 5) is 28.7. The number of nitrogens with one attached hydrogen (secondary N) is 3. The zero-order valence-electron chi connectivity index (χ0n) is 16.0. The molecule has 0 bridgehead atoms. The lowest BCUT2D eigenvalue weighted by molar-refractivity contribution is -0.123. The Hall–Kier alpha value is -3.09. The predicted molar refractivity (Wildman–Crippen MR) is 107 cm³/mol. The molecule has 0 spiro atoms. The molecule has 1 saturated carbocycles. The lowest BCUT2D eigenvalue weighted by Gasteiger charge is -2.25. The van der Waals surface area contributed by atoms with E-state index in [-0.39, 0.29) is 30.0 Å². The summed E-state index contributed by atoms with van der Waals surface area (Å²) >= 11 is 0. The van der Waals surface area contributed by atoms with Gasteiger partial charge in [-0.1, -0.05) is 36.8 Å². The molecule has 28 heavy (non-hydrogen) atoms. The highest BCUT2D eigenvalue weighted by molar-refractivity contribution is 5.97. The van der Waals surface area contributed by atoms with Crippen molar-refractivity contribution in [2.45, 2.75) is 25.8 Å². The van der Waals surface area contributed by atoms with Crippen LogP contribution in [0.25, 0.3) is 0 Å². The smallest absolute Gasteiger partial charge is 0.272 e. The number of ether oxygens (including phenoxy) is 1. The second-order valence-electron chi connectivity index (χ2n) is 6.85. The Morgan fingerprint density at radius 1 is 1.11 bits per heavy atom. The van der Waals surface area contributed by atoms with Crippen LogP contribution in [0.2, 0.25) is 0 Å². The van der Waals surface area contributed by atoms with Crippen molar-refractivity contribution in [2.75, 3.05) is 25.5 Å². The number of carbonyl (C=O) groups is 2. The molecule has 0 unspecified atom stereocenters. The standard InChI is InChI=1S/C21H26N4O3/c1-22-17-10-11-19(25-20(17)21(27)24-13-16-8-5-9-16)28-14-18(26)23-12-15-6-3-2-4-7-15/h2-4,6-7,10-11,16,22H,5,8-9,12-14H2,1H3,(H,23,26)(H,24,27). The predicted octanol–water partition coefficient (Wildman–Crippen LogP) is 2.35. The van der Waals surface area contributed by atoms with Gasteiger partial charge in [0.25, 0.3) is 11.8 Å². The first-order valence-corrected chi connectivity index (χ1v) is 9.56. The second kappa shape index (κ2) is 9.73. The number of aromatic nitrogens is 1. The summed E-state index contributed by atoms with van der Waals surface area (Å²) in [5, 5.41) is 8.69. The summed E-state index contributed by atoms with van der Waals surface area (Å²) in [5.74, 6) is 0.312. The molecular formula is C21H26N4O3. The number of hydrogen-bond acceptors (Lipinski definition) is 5. The minimum atomic E-state index is -0.251. The van der Waals surface area contributed by atoms with E-state index in [1.807, 2.05) is 30.3 Å². The largest absolute Gasteiger partial charge is 0.468 e. The molecular weight excluding hydrogens is 356 g/mol. The van der Waals surface area contributed by atoms with Crippen molar-refractivity contribution in [2.24, 2.45) is 5.92 Å². The van der Waals surface area contributed by atoms with Crippen LogP contribution in [0.4, 0.5) is 5.69 Å². The number of hydrogen-bond donors (Lipinski definition) is 3. The molecule has 3 N–H and O–H groups in total. The van der Waals surface area contributed by atoms with Gasteiger partial charge >= 0.3 is 0 Å². The van der Waals surface area contributed by atoms with Crippen LogP contribution >= 0.6 is 0 Å². The molecule has 1 heterocycles.